The number of ether oxygens (including phenoxy) is 1. The second-order valence-electron chi connectivity index (χ2n) is 5.18. The molecule has 124 valence electrons. The predicted molar refractivity (Wildman–Crippen MR) is 91.9 cm³/mol. The van der Waals surface area contributed by atoms with Crippen molar-refractivity contribution in [2.45, 2.75) is 13.5 Å². The van der Waals surface area contributed by atoms with Crippen molar-refractivity contribution in [2.75, 3.05) is 18.5 Å². The normalized spacial score (nSPS) is 10.8. The van der Waals surface area contributed by atoms with E-state index in [2.05, 4.69) is 20.4 Å². The van der Waals surface area contributed by atoms with Crippen LogP contribution in [-0.4, -0.2) is 28.3 Å². The number of hydrogen-bond donors (Lipinski definition) is 1. The quantitative estimate of drug-likeness (QED) is 0.658. The average Bonchev–Trinajstić information content (AvgIpc) is 3.03. The summed E-state index contributed by atoms with van der Waals surface area (Å²) in [4.78, 5) is 8.47. The number of benzene rings is 1. The Morgan fingerprint density at radius 1 is 1.21 bits per heavy atom. The molecule has 24 heavy (non-hydrogen) atoms. The van der Waals surface area contributed by atoms with Gasteiger partial charge in [0.1, 0.15) is 5.82 Å². The van der Waals surface area contributed by atoms with Gasteiger partial charge in [-0.3, -0.25) is 0 Å². The minimum Gasteiger partial charge on any atom is -0.375 e. The molecule has 3 rings (SSSR count). The van der Waals surface area contributed by atoms with Gasteiger partial charge in [-0.05, 0) is 36.8 Å². The van der Waals surface area contributed by atoms with Crippen molar-refractivity contribution >= 4 is 17.4 Å². The van der Waals surface area contributed by atoms with Crippen LogP contribution in [0.3, 0.4) is 0 Å². The molecule has 2 heterocycles. The molecule has 0 radical (unpaired) electrons. The van der Waals surface area contributed by atoms with E-state index in [0.29, 0.717) is 31.5 Å². The van der Waals surface area contributed by atoms with Gasteiger partial charge in [0.05, 0.1) is 13.2 Å². The maximum Gasteiger partial charge on any atom is 0.258 e. The van der Waals surface area contributed by atoms with Crippen molar-refractivity contribution in [1.29, 1.82) is 0 Å². The summed E-state index contributed by atoms with van der Waals surface area (Å²) in [5.74, 6) is 1.82. The van der Waals surface area contributed by atoms with Crippen LogP contribution in [0.2, 0.25) is 5.02 Å². The second-order valence-corrected chi connectivity index (χ2v) is 5.62. The van der Waals surface area contributed by atoms with Crippen molar-refractivity contribution in [3.05, 3.63) is 59.0 Å². The minimum absolute atomic E-state index is 0.483. The van der Waals surface area contributed by atoms with Crippen molar-refractivity contribution in [3.63, 3.8) is 0 Å². The van der Waals surface area contributed by atoms with Gasteiger partial charge in [0, 0.05) is 23.3 Å². The van der Waals surface area contributed by atoms with Gasteiger partial charge in [0.2, 0.25) is 0 Å². The zero-order valence-electron chi connectivity index (χ0n) is 13.2. The lowest BCUT2D eigenvalue weighted by molar-refractivity contribution is 0.130. The maximum absolute atomic E-state index is 5.85. The molecule has 1 N–H and O–H groups in total. The van der Waals surface area contributed by atoms with Crippen LogP contribution >= 0.6 is 11.6 Å². The molecule has 0 bridgehead atoms. The van der Waals surface area contributed by atoms with Crippen molar-refractivity contribution in [1.82, 2.24) is 15.1 Å². The summed E-state index contributed by atoms with van der Waals surface area (Å²) in [5.41, 5.74) is 1.92. The van der Waals surface area contributed by atoms with Crippen LogP contribution in [0, 0.1) is 6.92 Å². The molecule has 0 aliphatic heterocycles. The molecule has 2 aromatic heterocycles. The van der Waals surface area contributed by atoms with Crippen LogP contribution < -0.4 is 5.32 Å². The number of nitrogens with zero attached hydrogens (tertiary/aromatic N) is 3. The smallest absolute Gasteiger partial charge is 0.258 e. The fourth-order valence-electron chi connectivity index (χ4n) is 2.10. The maximum atomic E-state index is 5.85. The summed E-state index contributed by atoms with van der Waals surface area (Å²) in [7, 11) is 0. The third-order valence-electron chi connectivity index (χ3n) is 3.27. The lowest BCUT2D eigenvalue weighted by atomic mass is 10.2. The first-order chi connectivity index (χ1) is 11.7. The molecule has 0 spiro atoms. The number of anilines is 1. The Hall–Kier alpha value is -2.44. The molecule has 7 heteroatoms. The highest BCUT2D eigenvalue weighted by Gasteiger charge is 2.07. The van der Waals surface area contributed by atoms with E-state index in [1.165, 1.54) is 0 Å². The first-order valence-corrected chi connectivity index (χ1v) is 7.91. The van der Waals surface area contributed by atoms with E-state index < -0.39 is 0 Å². The van der Waals surface area contributed by atoms with Crippen molar-refractivity contribution in [3.8, 4) is 11.5 Å². The van der Waals surface area contributed by atoms with Crippen LogP contribution in [0.15, 0.2) is 47.1 Å². The summed E-state index contributed by atoms with van der Waals surface area (Å²) in [6, 6.07) is 11.3. The van der Waals surface area contributed by atoms with E-state index in [-0.39, 0.29) is 0 Å². The van der Waals surface area contributed by atoms with Gasteiger partial charge in [-0.1, -0.05) is 28.9 Å². The first kappa shape index (κ1) is 16.4. The summed E-state index contributed by atoms with van der Waals surface area (Å²) in [6.45, 7) is 3.54. The lowest BCUT2D eigenvalue weighted by Gasteiger charge is -2.07. The lowest BCUT2D eigenvalue weighted by Crippen LogP contribution is -2.10. The van der Waals surface area contributed by atoms with Gasteiger partial charge in [0.25, 0.3) is 5.89 Å². The summed E-state index contributed by atoms with van der Waals surface area (Å²) < 4.78 is 10.8. The number of aryl methyl sites for hydroxylation is 1. The fourth-order valence-corrected chi connectivity index (χ4v) is 2.22. The summed E-state index contributed by atoms with van der Waals surface area (Å²) in [6.07, 6.45) is 1.70. The number of nitrogens with one attached hydrogen (secondary N) is 1. The zero-order chi connectivity index (χ0) is 16.8. The molecule has 1 aromatic carbocycles. The Morgan fingerprint density at radius 2 is 2.04 bits per heavy atom. The molecular formula is C17H17ClN4O2. The number of aromatic nitrogens is 3. The average molecular weight is 345 g/mol. The fraction of sp³-hybridized carbons (Fsp3) is 0.235. The van der Waals surface area contributed by atoms with E-state index in [9.17, 15) is 0 Å². The number of pyridine rings is 1. The van der Waals surface area contributed by atoms with Crippen LogP contribution in [0.4, 0.5) is 5.82 Å². The molecule has 0 aliphatic rings. The molecule has 6 nitrogen and oxygen atoms in total. The van der Waals surface area contributed by atoms with Crippen LogP contribution in [0.5, 0.6) is 0 Å². The monoisotopic (exact) mass is 344 g/mol. The summed E-state index contributed by atoms with van der Waals surface area (Å²) in [5, 5.41) is 7.72. The van der Waals surface area contributed by atoms with Gasteiger partial charge in [0.15, 0.2) is 5.82 Å². The topological polar surface area (TPSA) is 73.1 Å². The highest BCUT2D eigenvalue weighted by molar-refractivity contribution is 6.30. The highest BCUT2D eigenvalue weighted by Crippen LogP contribution is 2.19. The van der Waals surface area contributed by atoms with Crippen molar-refractivity contribution in [2.24, 2.45) is 0 Å². The van der Waals surface area contributed by atoms with E-state index in [4.69, 9.17) is 20.9 Å². The van der Waals surface area contributed by atoms with Gasteiger partial charge >= 0.3 is 0 Å². The molecule has 0 unspecified atom stereocenters. The SMILES string of the molecule is Cc1noc(-c2ccnc(NCCOCc3ccc(Cl)cc3)c2)n1. The van der Waals surface area contributed by atoms with Gasteiger partial charge in [-0.15, -0.1) is 0 Å². The largest absolute Gasteiger partial charge is 0.375 e. The highest BCUT2D eigenvalue weighted by atomic mass is 35.5. The second kappa shape index (κ2) is 7.90. The zero-order valence-corrected chi connectivity index (χ0v) is 14.0. The van der Waals surface area contributed by atoms with Crippen LogP contribution in [-0.2, 0) is 11.3 Å². The Morgan fingerprint density at radius 3 is 2.79 bits per heavy atom. The van der Waals surface area contributed by atoms with E-state index >= 15 is 0 Å². The third-order valence-corrected chi connectivity index (χ3v) is 3.52. The third kappa shape index (κ3) is 4.53. The summed E-state index contributed by atoms with van der Waals surface area (Å²) >= 11 is 5.85. The minimum atomic E-state index is 0.483. The Balaban J connectivity index is 1.46. The first-order valence-electron chi connectivity index (χ1n) is 7.53. The van der Waals surface area contributed by atoms with Gasteiger partial charge < -0.3 is 14.6 Å². The van der Waals surface area contributed by atoms with E-state index in [1.54, 1.807) is 13.1 Å². The molecular weight excluding hydrogens is 328 g/mol. The molecule has 0 fully saturated rings. The molecule has 3 aromatic rings. The Kier molecular flexibility index (Phi) is 5.40. The number of rotatable bonds is 7. The van der Waals surface area contributed by atoms with Gasteiger partial charge in [-0.25, -0.2) is 4.98 Å². The Bertz CT molecular complexity index is 789. The number of halogens is 1. The van der Waals surface area contributed by atoms with E-state index in [1.807, 2.05) is 36.4 Å². The predicted octanol–water partition coefficient (Wildman–Crippen LogP) is 3.72. The molecule has 0 aliphatic carbocycles. The van der Waals surface area contributed by atoms with Crippen LogP contribution in [0.25, 0.3) is 11.5 Å². The van der Waals surface area contributed by atoms with Gasteiger partial charge in [-0.2, -0.15) is 4.98 Å². The Labute approximate surface area is 144 Å². The standard InChI is InChI=1S/C17H17ClN4O2/c1-12-21-17(24-22-12)14-6-7-19-16(10-14)20-8-9-23-11-13-2-4-15(18)5-3-13/h2-7,10H,8-9,11H2,1H3,(H,19,20). The van der Waals surface area contributed by atoms with Crippen LogP contribution in [0.1, 0.15) is 11.4 Å². The molecule has 0 atom stereocenters. The molecule has 0 saturated carbocycles. The van der Waals surface area contributed by atoms with Crippen molar-refractivity contribution < 1.29 is 9.26 Å². The number of hydrogen-bond acceptors (Lipinski definition) is 6. The molecule has 0 amide bonds. The molecule has 0 saturated heterocycles. The van der Waals surface area contributed by atoms with E-state index in [0.717, 1.165) is 22.0 Å².